The number of halogens is 1. The van der Waals surface area contributed by atoms with Gasteiger partial charge in [0.1, 0.15) is 5.82 Å². The minimum Gasteiger partial charge on any atom is -0.366 e. The Morgan fingerprint density at radius 1 is 1.33 bits per heavy atom. The fourth-order valence-corrected chi connectivity index (χ4v) is 3.29. The highest BCUT2D eigenvalue weighted by Crippen LogP contribution is 2.32. The molecule has 2 rings (SSSR count). The van der Waals surface area contributed by atoms with Crippen molar-refractivity contribution in [2.75, 3.05) is 18.0 Å². The molecule has 1 aliphatic heterocycles. The van der Waals surface area contributed by atoms with E-state index in [-0.39, 0.29) is 11.9 Å². The third-order valence-corrected chi connectivity index (χ3v) is 4.55. The predicted molar refractivity (Wildman–Crippen MR) is 88.3 cm³/mol. The lowest BCUT2D eigenvalue weighted by atomic mass is 10.0. The standard InChI is InChI=1S/C18H29FN2/c1-5-10-20-14(4)15-8-9-18(16(19)12-15)21-11-6-7-17(21)13(2)3/h8-9,12-14,17,20H,5-7,10-11H2,1-4H3. The summed E-state index contributed by atoms with van der Waals surface area (Å²) in [6.45, 7) is 10.6. The number of benzene rings is 1. The molecular weight excluding hydrogens is 263 g/mol. The van der Waals surface area contributed by atoms with Crippen LogP contribution in [0, 0.1) is 11.7 Å². The van der Waals surface area contributed by atoms with Crippen molar-refractivity contribution in [2.45, 2.75) is 59.0 Å². The molecule has 21 heavy (non-hydrogen) atoms. The van der Waals surface area contributed by atoms with Crippen LogP contribution in [0.5, 0.6) is 0 Å². The van der Waals surface area contributed by atoms with E-state index < -0.39 is 0 Å². The Balaban J connectivity index is 2.15. The summed E-state index contributed by atoms with van der Waals surface area (Å²) >= 11 is 0. The van der Waals surface area contributed by atoms with Crippen molar-refractivity contribution < 1.29 is 4.39 Å². The van der Waals surface area contributed by atoms with Crippen molar-refractivity contribution in [3.8, 4) is 0 Å². The minimum absolute atomic E-state index is 0.0785. The number of hydrogen-bond acceptors (Lipinski definition) is 2. The summed E-state index contributed by atoms with van der Waals surface area (Å²) in [4.78, 5) is 2.26. The normalized spacial score (nSPS) is 20.3. The van der Waals surface area contributed by atoms with Crippen molar-refractivity contribution in [3.05, 3.63) is 29.6 Å². The molecule has 3 heteroatoms. The maximum Gasteiger partial charge on any atom is 0.146 e. The first-order valence-electron chi connectivity index (χ1n) is 8.34. The smallest absolute Gasteiger partial charge is 0.146 e. The molecule has 1 aliphatic rings. The van der Waals surface area contributed by atoms with Gasteiger partial charge in [-0.3, -0.25) is 0 Å². The third-order valence-electron chi connectivity index (χ3n) is 4.55. The molecule has 0 bridgehead atoms. The fraction of sp³-hybridized carbons (Fsp3) is 0.667. The van der Waals surface area contributed by atoms with Gasteiger partial charge in [0.25, 0.3) is 0 Å². The average molecular weight is 292 g/mol. The summed E-state index contributed by atoms with van der Waals surface area (Å²) in [7, 11) is 0. The SMILES string of the molecule is CCCNC(C)c1ccc(N2CCCC2C(C)C)c(F)c1. The summed E-state index contributed by atoms with van der Waals surface area (Å²) in [6.07, 6.45) is 3.43. The largest absolute Gasteiger partial charge is 0.366 e. The Kier molecular flexibility index (Phi) is 5.63. The van der Waals surface area contributed by atoms with E-state index in [9.17, 15) is 4.39 Å². The van der Waals surface area contributed by atoms with Gasteiger partial charge < -0.3 is 10.2 Å². The van der Waals surface area contributed by atoms with E-state index in [4.69, 9.17) is 0 Å². The Morgan fingerprint density at radius 3 is 2.71 bits per heavy atom. The van der Waals surface area contributed by atoms with E-state index >= 15 is 0 Å². The quantitative estimate of drug-likeness (QED) is 0.830. The number of rotatable bonds is 6. The maximum atomic E-state index is 14.6. The van der Waals surface area contributed by atoms with E-state index in [1.165, 1.54) is 12.8 Å². The van der Waals surface area contributed by atoms with Gasteiger partial charge in [0.15, 0.2) is 0 Å². The second kappa shape index (κ2) is 7.26. The third kappa shape index (κ3) is 3.76. The molecule has 118 valence electrons. The van der Waals surface area contributed by atoms with Gasteiger partial charge in [0.05, 0.1) is 5.69 Å². The summed E-state index contributed by atoms with van der Waals surface area (Å²) in [5, 5.41) is 3.41. The number of nitrogens with zero attached hydrogens (tertiary/aromatic N) is 1. The van der Waals surface area contributed by atoms with Gasteiger partial charge in [-0.1, -0.05) is 26.8 Å². The van der Waals surface area contributed by atoms with Gasteiger partial charge in [-0.25, -0.2) is 4.39 Å². The molecule has 0 amide bonds. The highest BCUT2D eigenvalue weighted by molar-refractivity contribution is 5.51. The first-order chi connectivity index (χ1) is 10.0. The molecule has 2 atom stereocenters. The van der Waals surface area contributed by atoms with Crippen LogP contribution in [0.15, 0.2) is 18.2 Å². The lowest BCUT2D eigenvalue weighted by Crippen LogP contribution is -2.34. The van der Waals surface area contributed by atoms with Crippen LogP contribution in [0.3, 0.4) is 0 Å². The van der Waals surface area contributed by atoms with Gasteiger partial charge in [-0.15, -0.1) is 0 Å². The van der Waals surface area contributed by atoms with Crippen LogP contribution >= 0.6 is 0 Å². The summed E-state index contributed by atoms with van der Waals surface area (Å²) < 4.78 is 14.6. The van der Waals surface area contributed by atoms with Crippen molar-refractivity contribution in [2.24, 2.45) is 5.92 Å². The second-order valence-electron chi connectivity index (χ2n) is 6.53. The van der Waals surface area contributed by atoms with Crippen LogP contribution in [0.4, 0.5) is 10.1 Å². The van der Waals surface area contributed by atoms with Crippen LogP contribution in [0.1, 0.15) is 58.6 Å². The zero-order chi connectivity index (χ0) is 15.4. The van der Waals surface area contributed by atoms with Crippen molar-refractivity contribution in [1.29, 1.82) is 0 Å². The van der Waals surface area contributed by atoms with E-state index in [1.54, 1.807) is 6.07 Å². The highest BCUT2D eigenvalue weighted by atomic mass is 19.1. The van der Waals surface area contributed by atoms with Crippen molar-refractivity contribution >= 4 is 5.69 Å². The van der Waals surface area contributed by atoms with Gasteiger partial charge in [-0.2, -0.15) is 0 Å². The molecule has 2 nitrogen and oxygen atoms in total. The fourth-order valence-electron chi connectivity index (χ4n) is 3.29. The summed E-state index contributed by atoms with van der Waals surface area (Å²) in [5.74, 6) is 0.488. The van der Waals surface area contributed by atoms with E-state index in [0.717, 1.165) is 30.8 Å². The molecule has 1 saturated heterocycles. The molecule has 0 spiro atoms. The molecule has 1 N–H and O–H groups in total. The van der Waals surface area contributed by atoms with Gasteiger partial charge >= 0.3 is 0 Å². The van der Waals surface area contributed by atoms with E-state index in [2.05, 4.69) is 44.0 Å². The number of anilines is 1. The molecule has 0 aromatic heterocycles. The Labute approximate surface area is 128 Å². The topological polar surface area (TPSA) is 15.3 Å². The Morgan fingerprint density at radius 2 is 2.10 bits per heavy atom. The zero-order valence-corrected chi connectivity index (χ0v) is 13.8. The predicted octanol–water partition coefficient (Wildman–Crippen LogP) is 4.51. The van der Waals surface area contributed by atoms with E-state index in [1.807, 2.05) is 6.07 Å². The second-order valence-corrected chi connectivity index (χ2v) is 6.53. The van der Waals surface area contributed by atoms with Crippen LogP contribution in [-0.4, -0.2) is 19.1 Å². The van der Waals surface area contributed by atoms with Crippen LogP contribution in [-0.2, 0) is 0 Å². The maximum absolute atomic E-state index is 14.6. The van der Waals surface area contributed by atoms with Crippen molar-refractivity contribution in [1.82, 2.24) is 5.32 Å². The first kappa shape index (κ1) is 16.3. The van der Waals surface area contributed by atoms with Gasteiger partial charge in [0, 0.05) is 18.6 Å². The average Bonchev–Trinajstić information content (AvgIpc) is 2.94. The molecule has 0 saturated carbocycles. The van der Waals surface area contributed by atoms with Gasteiger partial charge in [-0.05, 0) is 56.3 Å². The minimum atomic E-state index is -0.0785. The molecule has 0 radical (unpaired) electrons. The summed E-state index contributed by atoms with van der Waals surface area (Å²) in [5.41, 5.74) is 1.81. The molecule has 1 fully saturated rings. The zero-order valence-electron chi connectivity index (χ0n) is 13.8. The molecule has 2 unspecified atom stereocenters. The monoisotopic (exact) mass is 292 g/mol. The molecule has 0 aliphatic carbocycles. The number of nitrogens with one attached hydrogen (secondary N) is 1. The summed E-state index contributed by atoms with van der Waals surface area (Å²) in [6, 6.07) is 6.42. The Bertz CT molecular complexity index is 459. The van der Waals surface area contributed by atoms with Crippen LogP contribution < -0.4 is 10.2 Å². The van der Waals surface area contributed by atoms with Crippen molar-refractivity contribution in [3.63, 3.8) is 0 Å². The van der Waals surface area contributed by atoms with Crippen LogP contribution in [0.2, 0.25) is 0 Å². The lowest BCUT2D eigenvalue weighted by Gasteiger charge is -2.30. The number of hydrogen-bond donors (Lipinski definition) is 1. The molecule has 1 aromatic rings. The van der Waals surface area contributed by atoms with Gasteiger partial charge in [0.2, 0.25) is 0 Å². The highest BCUT2D eigenvalue weighted by Gasteiger charge is 2.29. The molecular formula is C18H29FN2. The van der Waals surface area contributed by atoms with Crippen LogP contribution in [0.25, 0.3) is 0 Å². The Hall–Kier alpha value is -1.09. The molecule has 1 aromatic carbocycles. The first-order valence-corrected chi connectivity index (χ1v) is 8.34. The van der Waals surface area contributed by atoms with E-state index in [0.29, 0.717) is 12.0 Å². The molecule has 1 heterocycles. The lowest BCUT2D eigenvalue weighted by molar-refractivity contribution is 0.485.